The molecular weight excluding hydrogens is 246 g/mol. The van der Waals surface area contributed by atoms with Crippen molar-refractivity contribution in [3.63, 3.8) is 0 Å². The lowest BCUT2D eigenvalue weighted by Gasteiger charge is -2.11. The van der Waals surface area contributed by atoms with E-state index >= 15 is 0 Å². The van der Waals surface area contributed by atoms with Crippen molar-refractivity contribution in [2.24, 2.45) is 5.11 Å². The van der Waals surface area contributed by atoms with Gasteiger partial charge in [-0.3, -0.25) is 0 Å². The summed E-state index contributed by atoms with van der Waals surface area (Å²) in [6, 6.07) is 19.3. The Hall–Kier alpha value is -2.25. The van der Waals surface area contributed by atoms with Gasteiger partial charge in [-0.2, -0.15) is 0 Å². The van der Waals surface area contributed by atoms with Crippen LogP contribution in [0, 0.1) is 0 Å². The molecule has 3 nitrogen and oxygen atoms in total. The number of azide groups is 1. The molecule has 0 unspecified atom stereocenters. The summed E-state index contributed by atoms with van der Waals surface area (Å²) in [5.74, 6) is 0. The van der Waals surface area contributed by atoms with Gasteiger partial charge in [-0.1, -0.05) is 93.5 Å². The third-order valence-electron chi connectivity index (χ3n) is 2.40. The molecule has 0 fully saturated rings. The average molecular weight is 269 g/mol. The molecule has 2 aromatic rings. The maximum Gasteiger partial charge on any atom is 0.0876 e. The van der Waals surface area contributed by atoms with E-state index < -0.39 is 0 Å². The fourth-order valence-corrected chi connectivity index (χ4v) is 1.65. The normalized spacial score (nSPS) is 8.45. The van der Waals surface area contributed by atoms with Crippen LogP contribution in [0.15, 0.2) is 65.8 Å². The lowest BCUT2D eigenvalue weighted by atomic mass is 10.00. The summed E-state index contributed by atoms with van der Waals surface area (Å²) in [6.07, 6.45) is 0. The molecule has 0 aliphatic heterocycles. The van der Waals surface area contributed by atoms with Gasteiger partial charge in [0.05, 0.1) is 6.04 Å². The van der Waals surface area contributed by atoms with E-state index in [9.17, 15) is 0 Å². The first-order valence-electron chi connectivity index (χ1n) is 7.06. The zero-order chi connectivity index (χ0) is 15.2. The highest BCUT2D eigenvalue weighted by molar-refractivity contribution is 5.31. The Labute approximate surface area is 121 Å². The standard InChI is InChI=1S/C13H11N3.2C2H6/c14-16-15-13(11-7-3-1-4-8-11)12-9-5-2-6-10-12;2*1-2/h1-10,13H;2*1-2H3. The van der Waals surface area contributed by atoms with Gasteiger partial charge in [0.25, 0.3) is 0 Å². The Bertz CT molecular complexity index is 449. The van der Waals surface area contributed by atoms with Gasteiger partial charge in [-0.15, -0.1) is 0 Å². The van der Waals surface area contributed by atoms with Crippen LogP contribution in [0.5, 0.6) is 0 Å². The van der Waals surface area contributed by atoms with Gasteiger partial charge in [0, 0.05) is 4.91 Å². The van der Waals surface area contributed by atoms with Crippen molar-refractivity contribution in [1.29, 1.82) is 0 Å². The number of benzene rings is 2. The van der Waals surface area contributed by atoms with Crippen LogP contribution in [0.1, 0.15) is 44.9 Å². The smallest absolute Gasteiger partial charge is 0.0812 e. The van der Waals surface area contributed by atoms with E-state index in [1.807, 2.05) is 88.4 Å². The molecule has 0 saturated carbocycles. The third kappa shape index (κ3) is 5.59. The van der Waals surface area contributed by atoms with Gasteiger partial charge in [0.15, 0.2) is 0 Å². The molecule has 0 atom stereocenters. The Kier molecular flexibility index (Phi) is 10.5. The van der Waals surface area contributed by atoms with Crippen LogP contribution in [-0.2, 0) is 0 Å². The first kappa shape index (κ1) is 17.8. The lowest BCUT2D eigenvalue weighted by Crippen LogP contribution is -1.96. The van der Waals surface area contributed by atoms with Crippen molar-refractivity contribution in [3.05, 3.63) is 82.2 Å². The highest BCUT2D eigenvalue weighted by Gasteiger charge is 2.10. The molecule has 0 aliphatic carbocycles. The predicted octanol–water partition coefficient (Wildman–Crippen LogP) is 6.14. The fraction of sp³-hybridized carbons (Fsp3) is 0.294. The summed E-state index contributed by atoms with van der Waals surface area (Å²) < 4.78 is 0. The van der Waals surface area contributed by atoms with Crippen molar-refractivity contribution >= 4 is 0 Å². The van der Waals surface area contributed by atoms with Crippen molar-refractivity contribution in [3.8, 4) is 0 Å². The first-order chi connectivity index (χ1) is 9.92. The van der Waals surface area contributed by atoms with E-state index in [4.69, 9.17) is 5.53 Å². The van der Waals surface area contributed by atoms with Crippen LogP contribution < -0.4 is 0 Å². The minimum atomic E-state index is -0.243. The van der Waals surface area contributed by atoms with Gasteiger partial charge in [-0.25, -0.2) is 0 Å². The molecule has 0 spiro atoms. The van der Waals surface area contributed by atoms with Gasteiger partial charge < -0.3 is 0 Å². The zero-order valence-electron chi connectivity index (χ0n) is 12.7. The van der Waals surface area contributed by atoms with Crippen molar-refractivity contribution in [2.45, 2.75) is 33.7 Å². The summed E-state index contributed by atoms with van der Waals surface area (Å²) in [4.78, 5) is 2.91. The quantitative estimate of drug-likeness (QED) is 0.365. The van der Waals surface area contributed by atoms with Crippen LogP contribution in [0.25, 0.3) is 10.4 Å². The second-order valence-corrected chi connectivity index (χ2v) is 3.43. The fourth-order valence-electron chi connectivity index (χ4n) is 1.65. The van der Waals surface area contributed by atoms with Gasteiger partial charge >= 0.3 is 0 Å². The van der Waals surface area contributed by atoms with E-state index in [-0.39, 0.29) is 6.04 Å². The van der Waals surface area contributed by atoms with E-state index in [0.717, 1.165) is 11.1 Å². The highest BCUT2D eigenvalue weighted by atomic mass is 15.1. The molecule has 0 saturated heterocycles. The molecule has 0 bridgehead atoms. The van der Waals surface area contributed by atoms with Gasteiger partial charge in [0.1, 0.15) is 0 Å². The maximum atomic E-state index is 8.62. The van der Waals surface area contributed by atoms with Crippen LogP contribution in [0.4, 0.5) is 0 Å². The summed E-state index contributed by atoms with van der Waals surface area (Å²) in [5.41, 5.74) is 10.6. The van der Waals surface area contributed by atoms with Crippen molar-refractivity contribution in [2.75, 3.05) is 0 Å². The average Bonchev–Trinajstić information content (AvgIpc) is 2.58. The minimum Gasteiger partial charge on any atom is -0.0812 e. The second kappa shape index (κ2) is 11.8. The zero-order valence-corrected chi connectivity index (χ0v) is 12.7. The van der Waals surface area contributed by atoms with Crippen LogP contribution in [0.2, 0.25) is 0 Å². The van der Waals surface area contributed by atoms with Crippen LogP contribution >= 0.6 is 0 Å². The predicted molar refractivity (Wildman–Crippen MR) is 86.6 cm³/mol. The highest BCUT2D eigenvalue weighted by Crippen LogP contribution is 2.25. The summed E-state index contributed by atoms with van der Waals surface area (Å²) in [5, 5.41) is 3.85. The molecule has 0 radical (unpaired) electrons. The topological polar surface area (TPSA) is 48.8 Å². The minimum absolute atomic E-state index is 0.243. The van der Waals surface area contributed by atoms with E-state index in [2.05, 4.69) is 10.0 Å². The second-order valence-electron chi connectivity index (χ2n) is 3.43. The first-order valence-corrected chi connectivity index (χ1v) is 7.06. The molecule has 2 rings (SSSR count). The number of nitrogens with zero attached hydrogens (tertiary/aromatic N) is 3. The van der Waals surface area contributed by atoms with Crippen molar-refractivity contribution < 1.29 is 0 Å². The summed E-state index contributed by atoms with van der Waals surface area (Å²) >= 11 is 0. The van der Waals surface area contributed by atoms with E-state index in [1.54, 1.807) is 0 Å². The number of rotatable bonds is 3. The van der Waals surface area contributed by atoms with Gasteiger partial charge in [0.2, 0.25) is 0 Å². The van der Waals surface area contributed by atoms with E-state index in [1.165, 1.54) is 0 Å². The third-order valence-corrected chi connectivity index (χ3v) is 2.40. The largest absolute Gasteiger partial charge is 0.0876 e. The Morgan fingerprint density at radius 2 is 1.10 bits per heavy atom. The molecule has 0 heterocycles. The van der Waals surface area contributed by atoms with Crippen molar-refractivity contribution in [1.82, 2.24) is 0 Å². The molecule has 2 aromatic carbocycles. The molecule has 0 aliphatic rings. The maximum absolute atomic E-state index is 8.62. The number of hydrogen-bond acceptors (Lipinski definition) is 1. The molecular formula is C17H23N3. The Morgan fingerprint density at radius 1 is 0.750 bits per heavy atom. The monoisotopic (exact) mass is 269 g/mol. The van der Waals surface area contributed by atoms with E-state index in [0.29, 0.717) is 0 Å². The Morgan fingerprint density at radius 3 is 1.40 bits per heavy atom. The molecule has 0 N–H and O–H groups in total. The summed E-state index contributed by atoms with van der Waals surface area (Å²) in [6.45, 7) is 8.00. The molecule has 20 heavy (non-hydrogen) atoms. The lowest BCUT2D eigenvalue weighted by molar-refractivity contribution is 0.859. The molecule has 3 heteroatoms. The molecule has 0 aromatic heterocycles. The van der Waals surface area contributed by atoms with Crippen LogP contribution in [-0.4, -0.2) is 0 Å². The number of hydrogen-bond donors (Lipinski definition) is 0. The summed E-state index contributed by atoms with van der Waals surface area (Å²) in [7, 11) is 0. The Balaban J connectivity index is 0.000000829. The SMILES string of the molecule is CC.CC.[N-]=[N+]=NC(c1ccccc1)c1ccccc1. The molecule has 106 valence electrons. The van der Waals surface area contributed by atoms with Gasteiger partial charge in [-0.05, 0) is 16.7 Å². The molecule has 0 amide bonds. The van der Waals surface area contributed by atoms with Crippen LogP contribution in [0.3, 0.4) is 0 Å².